The summed E-state index contributed by atoms with van der Waals surface area (Å²) in [6.07, 6.45) is 7.18. The van der Waals surface area contributed by atoms with Crippen LogP contribution < -0.4 is 5.32 Å². The zero-order valence-corrected chi connectivity index (χ0v) is 14.2. The molecule has 4 atom stereocenters. The van der Waals surface area contributed by atoms with E-state index in [-0.39, 0.29) is 0 Å². The second kappa shape index (κ2) is 5.90. The predicted molar refractivity (Wildman–Crippen MR) is 89.5 cm³/mol. The van der Waals surface area contributed by atoms with E-state index in [1.165, 1.54) is 41.2 Å². The van der Waals surface area contributed by atoms with Crippen LogP contribution in [0.3, 0.4) is 0 Å². The monoisotopic (exact) mass is 389 g/mol. The lowest BCUT2D eigenvalue weighted by Gasteiger charge is -2.27. The molecule has 2 aliphatic carbocycles. The predicted octanol–water partition coefficient (Wildman–Crippen LogP) is 5.03. The van der Waals surface area contributed by atoms with Gasteiger partial charge in [-0.3, -0.25) is 0 Å². The molecule has 4 unspecified atom stereocenters. The molecule has 1 N–H and O–H groups in total. The Hall–Kier alpha value is 0.200. The van der Waals surface area contributed by atoms with Gasteiger partial charge in [0.1, 0.15) is 0 Å². The van der Waals surface area contributed by atoms with Crippen LogP contribution in [-0.4, -0.2) is 7.05 Å². The van der Waals surface area contributed by atoms with E-state index in [1.54, 1.807) is 0 Å². The minimum atomic E-state index is 0.454. The third-order valence-corrected chi connectivity index (χ3v) is 6.32. The summed E-state index contributed by atoms with van der Waals surface area (Å²) in [6.45, 7) is 0. The maximum atomic E-state index is 6.17. The van der Waals surface area contributed by atoms with E-state index in [1.807, 2.05) is 6.07 Å². The fraction of sp³-hybridized carbons (Fsp3) is 0.625. The van der Waals surface area contributed by atoms with Crippen molar-refractivity contribution >= 4 is 34.2 Å². The molecule has 3 rings (SSSR count). The van der Waals surface area contributed by atoms with Gasteiger partial charge in [-0.1, -0.05) is 18.0 Å². The van der Waals surface area contributed by atoms with Gasteiger partial charge in [0.25, 0.3) is 0 Å². The van der Waals surface area contributed by atoms with Crippen molar-refractivity contribution in [2.24, 2.45) is 17.8 Å². The van der Waals surface area contributed by atoms with Gasteiger partial charge in [0, 0.05) is 14.6 Å². The Bertz CT molecular complexity index is 462. The van der Waals surface area contributed by atoms with Gasteiger partial charge in [0.2, 0.25) is 0 Å². The molecule has 104 valence electrons. The first kappa shape index (κ1) is 14.2. The highest BCUT2D eigenvalue weighted by molar-refractivity contribution is 14.1. The van der Waals surface area contributed by atoms with E-state index in [2.05, 4.69) is 47.1 Å². The van der Waals surface area contributed by atoms with Crippen molar-refractivity contribution in [3.8, 4) is 0 Å². The molecular weight excluding hydrogens is 369 g/mol. The van der Waals surface area contributed by atoms with Gasteiger partial charge in [-0.25, -0.2) is 0 Å². The second-order valence-corrected chi connectivity index (χ2v) is 7.78. The molecule has 0 spiro atoms. The van der Waals surface area contributed by atoms with Crippen molar-refractivity contribution in [3.63, 3.8) is 0 Å². The summed E-state index contributed by atoms with van der Waals surface area (Å²) in [7, 11) is 2.08. The van der Waals surface area contributed by atoms with Crippen LogP contribution in [0.1, 0.15) is 43.7 Å². The van der Waals surface area contributed by atoms with Crippen molar-refractivity contribution < 1.29 is 0 Å². The Morgan fingerprint density at radius 3 is 2.84 bits per heavy atom. The molecular formula is C16H21ClIN. The molecule has 0 saturated heterocycles. The minimum Gasteiger partial charge on any atom is -0.313 e. The molecule has 2 bridgehead atoms. The molecule has 0 radical (unpaired) electrons. The van der Waals surface area contributed by atoms with E-state index in [4.69, 9.17) is 11.6 Å². The van der Waals surface area contributed by atoms with Crippen molar-refractivity contribution in [3.05, 3.63) is 32.4 Å². The molecule has 2 aliphatic rings. The number of halogens is 2. The van der Waals surface area contributed by atoms with Crippen molar-refractivity contribution in [1.82, 2.24) is 5.32 Å². The highest BCUT2D eigenvalue weighted by Gasteiger charge is 2.40. The minimum absolute atomic E-state index is 0.454. The molecule has 1 aromatic carbocycles. The third kappa shape index (κ3) is 2.96. The Morgan fingerprint density at radius 1 is 1.37 bits per heavy atom. The first-order valence-corrected chi connectivity index (χ1v) is 8.75. The average Bonchev–Trinajstić information content (AvgIpc) is 3.01. The van der Waals surface area contributed by atoms with Gasteiger partial charge in [0.05, 0.1) is 0 Å². The van der Waals surface area contributed by atoms with E-state index in [0.717, 1.165) is 22.8 Å². The number of fused-ring (bicyclic) bond motifs is 2. The van der Waals surface area contributed by atoms with E-state index in [9.17, 15) is 0 Å². The summed E-state index contributed by atoms with van der Waals surface area (Å²) < 4.78 is 1.32. The first-order chi connectivity index (χ1) is 9.17. The zero-order chi connectivity index (χ0) is 13.4. The van der Waals surface area contributed by atoms with Crippen LogP contribution in [0.2, 0.25) is 5.02 Å². The van der Waals surface area contributed by atoms with Gasteiger partial charge in [0.15, 0.2) is 0 Å². The van der Waals surface area contributed by atoms with Crippen LogP contribution in [-0.2, 0) is 0 Å². The number of benzene rings is 1. The lowest BCUT2D eigenvalue weighted by Crippen LogP contribution is -2.23. The van der Waals surface area contributed by atoms with Crippen LogP contribution in [0.25, 0.3) is 0 Å². The number of hydrogen-bond acceptors (Lipinski definition) is 1. The fourth-order valence-electron chi connectivity index (χ4n) is 4.15. The molecule has 0 aliphatic heterocycles. The smallest absolute Gasteiger partial charge is 0.0410 e. The normalized spacial score (nSPS) is 30.8. The largest absolute Gasteiger partial charge is 0.313 e. The molecule has 0 amide bonds. The van der Waals surface area contributed by atoms with Crippen molar-refractivity contribution in [2.45, 2.75) is 38.1 Å². The van der Waals surface area contributed by atoms with Crippen LogP contribution in [0.5, 0.6) is 0 Å². The maximum Gasteiger partial charge on any atom is 0.0410 e. The number of rotatable bonds is 4. The van der Waals surface area contributed by atoms with Gasteiger partial charge >= 0.3 is 0 Å². The quantitative estimate of drug-likeness (QED) is 0.712. The highest BCUT2D eigenvalue weighted by Crippen LogP contribution is 2.51. The molecule has 1 aromatic rings. The van der Waals surface area contributed by atoms with E-state index < -0.39 is 0 Å². The van der Waals surface area contributed by atoms with Gasteiger partial charge < -0.3 is 5.32 Å². The number of nitrogens with one attached hydrogen (secondary N) is 1. The topological polar surface area (TPSA) is 12.0 Å². The summed E-state index contributed by atoms with van der Waals surface area (Å²) in [5, 5.41) is 4.36. The summed E-state index contributed by atoms with van der Waals surface area (Å²) in [5.41, 5.74) is 1.37. The van der Waals surface area contributed by atoms with E-state index in [0.29, 0.717) is 6.04 Å². The Kier molecular flexibility index (Phi) is 4.40. The van der Waals surface area contributed by atoms with Crippen LogP contribution in [0.15, 0.2) is 18.2 Å². The standard InChI is InChI=1S/C16H21ClIN/c1-19-16(14-9-13(17)4-5-15(14)18)8-12-7-10-2-3-11(12)6-10/h4-5,9-12,16,19H,2-3,6-8H2,1H3. The van der Waals surface area contributed by atoms with Crippen LogP contribution >= 0.6 is 34.2 Å². The third-order valence-electron chi connectivity index (χ3n) is 5.10. The van der Waals surface area contributed by atoms with E-state index >= 15 is 0 Å². The van der Waals surface area contributed by atoms with Crippen LogP contribution in [0, 0.1) is 21.3 Å². The van der Waals surface area contributed by atoms with Crippen molar-refractivity contribution in [2.75, 3.05) is 7.05 Å². The molecule has 2 saturated carbocycles. The summed E-state index contributed by atoms with van der Waals surface area (Å²) in [5.74, 6) is 2.95. The highest BCUT2D eigenvalue weighted by atomic mass is 127. The molecule has 0 aromatic heterocycles. The first-order valence-electron chi connectivity index (χ1n) is 7.29. The molecule has 2 fully saturated rings. The molecule has 0 heterocycles. The van der Waals surface area contributed by atoms with Crippen LogP contribution in [0.4, 0.5) is 0 Å². The second-order valence-electron chi connectivity index (χ2n) is 6.18. The zero-order valence-electron chi connectivity index (χ0n) is 11.3. The Labute approximate surface area is 134 Å². The SMILES string of the molecule is CNC(CC1CC2CCC1C2)c1cc(Cl)ccc1I. The lowest BCUT2D eigenvalue weighted by atomic mass is 9.83. The van der Waals surface area contributed by atoms with Gasteiger partial charge in [-0.05, 0) is 96.8 Å². The van der Waals surface area contributed by atoms with Gasteiger partial charge in [-0.15, -0.1) is 0 Å². The molecule has 1 nitrogen and oxygen atoms in total. The summed E-state index contributed by atoms with van der Waals surface area (Å²) in [6, 6.07) is 6.70. The average molecular weight is 390 g/mol. The van der Waals surface area contributed by atoms with Gasteiger partial charge in [-0.2, -0.15) is 0 Å². The number of hydrogen-bond donors (Lipinski definition) is 1. The Morgan fingerprint density at radius 2 is 2.21 bits per heavy atom. The lowest BCUT2D eigenvalue weighted by molar-refractivity contribution is 0.284. The van der Waals surface area contributed by atoms with Crippen molar-refractivity contribution in [1.29, 1.82) is 0 Å². The maximum absolute atomic E-state index is 6.17. The Balaban J connectivity index is 1.75. The summed E-state index contributed by atoms with van der Waals surface area (Å²) in [4.78, 5) is 0. The molecule has 19 heavy (non-hydrogen) atoms. The molecule has 3 heteroatoms. The summed E-state index contributed by atoms with van der Waals surface area (Å²) >= 11 is 8.59. The fourth-order valence-corrected chi connectivity index (χ4v) is 5.04.